The minimum Gasteiger partial charge on any atom is -0.394 e. The van der Waals surface area contributed by atoms with Crippen molar-refractivity contribution in [2.75, 3.05) is 6.61 Å². The Kier molecular flexibility index (Phi) is 3.27. The number of Topliss-reactive ketones (excluding diaryl/α,β-unsaturated/α-hetero) is 3. The Bertz CT molecular complexity index is 193. The zero-order valence-electron chi connectivity index (χ0n) is 7.38. The van der Waals surface area contributed by atoms with Crippen LogP contribution in [0.2, 0.25) is 0 Å². The van der Waals surface area contributed by atoms with Crippen molar-refractivity contribution < 1.29 is 19.5 Å². The number of hydrogen-bond acceptors (Lipinski definition) is 4. The van der Waals surface area contributed by atoms with Crippen LogP contribution in [0.3, 0.4) is 0 Å². The van der Waals surface area contributed by atoms with Crippen LogP contribution in [0.5, 0.6) is 0 Å². The van der Waals surface area contributed by atoms with Crippen LogP contribution < -0.4 is 0 Å². The van der Waals surface area contributed by atoms with Crippen molar-refractivity contribution in [3.05, 3.63) is 0 Å². The lowest BCUT2D eigenvalue weighted by Gasteiger charge is -2.22. The van der Waals surface area contributed by atoms with Gasteiger partial charge >= 0.3 is 0 Å². The molecule has 0 unspecified atom stereocenters. The number of hydrogen-bond donors (Lipinski definition) is 1. The van der Waals surface area contributed by atoms with Crippen LogP contribution in [0.4, 0.5) is 0 Å². The molecule has 1 N–H and O–H groups in total. The summed E-state index contributed by atoms with van der Waals surface area (Å²) in [5.74, 6) is -1.82. The molecule has 0 aromatic carbocycles. The van der Waals surface area contributed by atoms with Crippen LogP contribution in [-0.2, 0) is 14.4 Å². The van der Waals surface area contributed by atoms with Crippen molar-refractivity contribution in [2.45, 2.75) is 20.8 Å². The lowest BCUT2D eigenvalue weighted by atomic mass is 9.78. The van der Waals surface area contributed by atoms with Crippen LogP contribution in [-0.4, -0.2) is 29.1 Å². The maximum atomic E-state index is 11.0. The zero-order chi connectivity index (χ0) is 9.94. The highest BCUT2D eigenvalue weighted by molar-refractivity contribution is 6.22. The van der Waals surface area contributed by atoms with Crippen molar-refractivity contribution in [1.29, 1.82) is 0 Å². The average Bonchev–Trinajstić information content (AvgIpc) is 1.86. The quantitative estimate of drug-likeness (QED) is 0.592. The van der Waals surface area contributed by atoms with Gasteiger partial charge in [0.15, 0.2) is 22.8 Å². The van der Waals surface area contributed by atoms with Gasteiger partial charge in [-0.15, -0.1) is 0 Å². The van der Waals surface area contributed by atoms with Gasteiger partial charge in [0.05, 0.1) is 6.61 Å². The Morgan fingerprint density at radius 1 is 1.00 bits per heavy atom. The van der Waals surface area contributed by atoms with E-state index >= 15 is 0 Å². The number of aliphatic hydroxyl groups is 1. The van der Waals surface area contributed by atoms with E-state index in [1.54, 1.807) is 0 Å². The summed E-state index contributed by atoms with van der Waals surface area (Å²) in [4.78, 5) is 32.9. The SMILES string of the molecule is CC(=O)C(CO)(C(C)=O)C(C)=O. The maximum absolute atomic E-state index is 11.0. The first-order valence-corrected chi connectivity index (χ1v) is 3.53. The van der Waals surface area contributed by atoms with Gasteiger partial charge in [0.25, 0.3) is 0 Å². The number of carbonyl (C=O) groups excluding carboxylic acids is 3. The standard InChI is InChI=1S/C8H12O4/c1-5(10)8(4-9,6(2)11)7(3)12/h9H,4H2,1-3H3. The Hall–Kier alpha value is -1.03. The first-order valence-electron chi connectivity index (χ1n) is 3.53. The second-order valence-corrected chi connectivity index (χ2v) is 2.73. The van der Waals surface area contributed by atoms with Crippen LogP contribution in [0.15, 0.2) is 0 Å². The predicted octanol–water partition coefficient (Wildman–Crippen LogP) is -0.268. The summed E-state index contributed by atoms with van der Waals surface area (Å²) in [5.41, 5.74) is -1.82. The molecule has 0 fully saturated rings. The fourth-order valence-corrected chi connectivity index (χ4v) is 1.08. The first kappa shape index (κ1) is 11.0. The molecule has 0 aromatic heterocycles. The lowest BCUT2D eigenvalue weighted by Crippen LogP contribution is -2.46. The number of rotatable bonds is 4. The normalized spacial score (nSPS) is 11.0. The van der Waals surface area contributed by atoms with Gasteiger partial charge in [0.1, 0.15) is 0 Å². The van der Waals surface area contributed by atoms with Crippen molar-refractivity contribution in [3.63, 3.8) is 0 Å². The van der Waals surface area contributed by atoms with Gasteiger partial charge in [0.2, 0.25) is 0 Å². The van der Waals surface area contributed by atoms with Gasteiger partial charge in [-0.1, -0.05) is 0 Å². The number of carbonyl (C=O) groups is 3. The minimum atomic E-state index is -1.82. The highest BCUT2D eigenvalue weighted by Gasteiger charge is 2.44. The third-order valence-electron chi connectivity index (χ3n) is 2.04. The van der Waals surface area contributed by atoms with E-state index in [2.05, 4.69) is 0 Å². The molecule has 0 amide bonds. The summed E-state index contributed by atoms with van der Waals surface area (Å²) in [6.45, 7) is 2.63. The van der Waals surface area contributed by atoms with Gasteiger partial charge < -0.3 is 5.11 Å². The van der Waals surface area contributed by atoms with E-state index in [0.29, 0.717) is 0 Å². The minimum absolute atomic E-state index is 0.606. The van der Waals surface area contributed by atoms with Gasteiger partial charge in [-0.2, -0.15) is 0 Å². The molecule has 0 aliphatic carbocycles. The van der Waals surface area contributed by atoms with Crippen molar-refractivity contribution in [2.24, 2.45) is 5.41 Å². The molecule has 68 valence electrons. The zero-order valence-corrected chi connectivity index (χ0v) is 7.38. The molecule has 12 heavy (non-hydrogen) atoms. The smallest absolute Gasteiger partial charge is 0.167 e. The van der Waals surface area contributed by atoms with Crippen LogP contribution in [0.1, 0.15) is 20.8 Å². The Morgan fingerprint density at radius 2 is 1.25 bits per heavy atom. The molecule has 0 saturated carbocycles. The Balaban J connectivity index is 5.19. The molecule has 0 saturated heterocycles. The van der Waals surface area contributed by atoms with Gasteiger partial charge in [-0.25, -0.2) is 0 Å². The highest BCUT2D eigenvalue weighted by atomic mass is 16.3. The molecule has 0 atom stereocenters. The molecular formula is C8H12O4. The van der Waals surface area contributed by atoms with E-state index in [4.69, 9.17) is 5.11 Å². The van der Waals surface area contributed by atoms with E-state index < -0.39 is 29.4 Å². The van der Waals surface area contributed by atoms with Gasteiger partial charge in [0, 0.05) is 0 Å². The maximum Gasteiger partial charge on any atom is 0.167 e. The monoisotopic (exact) mass is 172 g/mol. The molecule has 0 bridgehead atoms. The average molecular weight is 172 g/mol. The second kappa shape index (κ2) is 3.58. The van der Waals surface area contributed by atoms with Gasteiger partial charge in [-0.05, 0) is 20.8 Å². The van der Waals surface area contributed by atoms with E-state index in [1.807, 2.05) is 0 Å². The third-order valence-corrected chi connectivity index (χ3v) is 2.04. The summed E-state index contributed by atoms with van der Waals surface area (Å²) in [6, 6.07) is 0. The number of ketones is 3. The highest BCUT2D eigenvalue weighted by Crippen LogP contribution is 2.20. The lowest BCUT2D eigenvalue weighted by molar-refractivity contribution is -0.149. The van der Waals surface area contributed by atoms with Crippen LogP contribution in [0, 0.1) is 5.41 Å². The van der Waals surface area contributed by atoms with Crippen LogP contribution >= 0.6 is 0 Å². The van der Waals surface area contributed by atoms with E-state index in [0.717, 1.165) is 20.8 Å². The first-order chi connectivity index (χ1) is 5.39. The predicted molar refractivity (Wildman–Crippen MR) is 41.6 cm³/mol. The molecule has 4 nitrogen and oxygen atoms in total. The molecule has 0 heterocycles. The topological polar surface area (TPSA) is 71.4 Å². The largest absolute Gasteiger partial charge is 0.394 e. The molecule has 0 radical (unpaired) electrons. The molecule has 0 aliphatic rings. The fraction of sp³-hybridized carbons (Fsp3) is 0.625. The Morgan fingerprint density at radius 3 is 1.25 bits per heavy atom. The number of aliphatic hydroxyl groups excluding tert-OH is 1. The fourth-order valence-electron chi connectivity index (χ4n) is 1.08. The summed E-state index contributed by atoms with van der Waals surface area (Å²) < 4.78 is 0. The second-order valence-electron chi connectivity index (χ2n) is 2.73. The molecule has 0 rings (SSSR count). The summed E-state index contributed by atoms with van der Waals surface area (Å²) in [7, 11) is 0. The summed E-state index contributed by atoms with van der Waals surface area (Å²) >= 11 is 0. The van der Waals surface area contributed by atoms with Crippen molar-refractivity contribution >= 4 is 17.3 Å². The molecule has 0 spiro atoms. The van der Waals surface area contributed by atoms with E-state index in [-0.39, 0.29) is 0 Å². The van der Waals surface area contributed by atoms with Crippen LogP contribution in [0.25, 0.3) is 0 Å². The van der Waals surface area contributed by atoms with Crippen molar-refractivity contribution in [3.8, 4) is 0 Å². The van der Waals surface area contributed by atoms with Gasteiger partial charge in [-0.3, -0.25) is 14.4 Å². The summed E-state index contributed by atoms with van der Waals surface area (Å²) in [6.07, 6.45) is 0. The molecular weight excluding hydrogens is 160 g/mol. The Labute approximate surface area is 70.6 Å². The summed E-state index contributed by atoms with van der Waals surface area (Å²) in [5, 5.41) is 8.83. The van der Waals surface area contributed by atoms with E-state index in [1.165, 1.54) is 0 Å². The third kappa shape index (κ3) is 1.43. The molecule has 4 heteroatoms. The molecule has 0 aromatic rings. The van der Waals surface area contributed by atoms with Crippen molar-refractivity contribution in [1.82, 2.24) is 0 Å². The van der Waals surface area contributed by atoms with E-state index in [9.17, 15) is 14.4 Å². The molecule has 0 aliphatic heterocycles.